The molecular formula is C24H27N5OS. The Morgan fingerprint density at radius 3 is 2.42 bits per heavy atom. The predicted molar refractivity (Wildman–Crippen MR) is 123 cm³/mol. The first-order valence-corrected chi connectivity index (χ1v) is 11.7. The summed E-state index contributed by atoms with van der Waals surface area (Å²) >= 11 is 1.69. The first-order valence-electron chi connectivity index (χ1n) is 10.8. The maximum absolute atomic E-state index is 13.0. The molecule has 3 heterocycles. The van der Waals surface area contributed by atoms with Gasteiger partial charge in [-0.3, -0.25) is 9.69 Å². The molecule has 0 radical (unpaired) electrons. The lowest BCUT2D eigenvalue weighted by Gasteiger charge is -2.35. The number of nitrogens with one attached hydrogen (secondary N) is 2. The van der Waals surface area contributed by atoms with Gasteiger partial charge in [-0.2, -0.15) is 0 Å². The zero-order chi connectivity index (χ0) is 21.0. The standard InChI is InChI=1S/C24H27N5OS/c30-24(22-15-21(26-27-22)18-7-3-1-4-8-18)29-13-11-28(12-14-29)16-20-17-31-23(25-20)19-9-5-2-6-10-19/h1-10,17,21-22,26-27H,11-16H2. The van der Waals surface area contributed by atoms with Crippen molar-refractivity contribution in [2.45, 2.75) is 25.0 Å². The minimum Gasteiger partial charge on any atom is -0.339 e. The van der Waals surface area contributed by atoms with Gasteiger partial charge in [0.05, 0.1) is 5.69 Å². The van der Waals surface area contributed by atoms with Crippen LogP contribution in [0.1, 0.15) is 23.7 Å². The van der Waals surface area contributed by atoms with E-state index in [0.717, 1.165) is 49.8 Å². The number of benzene rings is 2. The summed E-state index contributed by atoms with van der Waals surface area (Å²) in [4.78, 5) is 22.2. The molecule has 2 saturated heterocycles. The van der Waals surface area contributed by atoms with Crippen molar-refractivity contribution in [3.8, 4) is 10.6 Å². The van der Waals surface area contributed by atoms with Gasteiger partial charge in [0.15, 0.2) is 0 Å². The summed E-state index contributed by atoms with van der Waals surface area (Å²) in [6.07, 6.45) is 0.782. The third-order valence-corrected chi connectivity index (χ3v) is 6.99. The molecule has 2 fully saturated rings. The van der Waals surface area contributed by atoms with Crippen LogP contribution in [0.5, 0.6) is 0 Å². The minimum atomic E-state index is -0.163. The second-order valence-corrected chi connectivity index (χ2v) is 9.01. The molecule has 3 aromatic rings. The molecule has 1 amide bonds. The van der Waals surface area contributed by atoms with E-state index in [4.69, 9.17) is 4.98 Å². The van der Waals surface area contributed by atoms with E-state index in [0.29, 0.717) is 0 Å². The van der Waals surface area contributed by atoms with Gasteiger partial charge < -0.3 is 4.90 Å². The van der Waals surface area contributed by atoms with E-state index in [1.807, 2.05) is 41.3 Å². The Labute approximate surface area is 186 Å². The number of hydrazine groups is 1. The highest BCUT2D eigenvalue weighted by Crippen LogP contribution is 2.25. The van der Waals surface area contributed by atoms with Gasteiger partial charge in [-0.25, -0.2) is 15.8 Å². The van der Waals surface area contributed by atoms with E-state index in [9.17, 15) is 4.79 Å². The molecule has 0 saturated carbocycles. The number of aromatic nitrogens is 1. The Kier molecular flexibility index (Phi) is 6.08. The van der Waals surface area contributed by atoms with Gasteiger partial charge in [0, 0.05) is 49.7 Å². The van der Waals surface area contributed by atoms with Gasteiger partial charge in [-0.05, 0) is 12.0 Å². The minimum absolute atomic E-state index is 0.163. The Bertz CT molecular complexity index is 1000. The summed E-state index contributed by atoms with van der Waals surface area (Å²) in [6.45, 7) is 4.13. The largest absolute Gasteiger partial charge is 0.339 e. The van der Waals surface area contributed by atoms with Crippen molar-refractivity contribution in [2.24, 2.45) is 0 Å². The first kappa shape index (κ1) is 20.3. The lowest BCUT2D eigenvalue weighted by molar-refractivity contribution is -0.135. The van der Waals surface area contributed by atoms with Gasteiger partial charge in [-0.15, -0.1) is 11.3 Å². The van der Waals surface area contributed by atoms with Crippen molar-refractivity contribution in [1.82, 2.24) is 25.6 Å². The summed E-state index contributed by atoms with van der Waals surface area (Å²) < 4.78 is 0. The van der Waals surface area contributed by atoms with E-state index in [1.54, 1.807) is 11.3 Å². The van der Waals surface area contributed by atoms with Crippen LogP contribution in [0.2, 0.25) is 0 Å². The van der Waals surface area contributed by atoms with Gasteiger partial charge in [0.1, 0.15) is 11.0 Å². The number of carbonyl (C=O) groups excluding carboxylic acids is 1. The lowest BCUT2D eigenvalue weighted by atomic mass is 10.0. The zero-order valence-corrected chi connectivity index (χ0v) is 18.2. The number of carbonyl (C=O) groups is 1. The molecule has 160 valence electrons. The van der Waals surface area contributed by atoms with Crippen molar-refractivity contribution in [3.05, 3.63) is 77.3 Å². The summed E-state index contributed by atoms with van der Waals surface area (Å²) in [7, 11) is 0. The number of hydrogen-bond acceptors (Lipinski definition) is 6. The topological polar surface area (TPSA) is 60.5 Å². The van der Waals surface area contributed by atoms with Gasteiger partial charge in [0.2, 0.25) is 5.91 Å². The number of hydrogen-bond donors (Lipinski definition) is 2. The van der Waals surface area contributed by atoms with Gasteiger partial charge >= 0.3 is 0 Å². The van der Waals surface area contributed by atoms with Crippen molar-refractivity contribution in [1.29, 1.82) is 0 Å². The van der Waals surface area contributed by atoms with Crippen molar-refractivity contribution in [3.63, 3.8) is 0 Å². The summed E-state index contributed by atoms with van der Waals surface area (Å²) in [5.41, 5.74) is 9.98. The highest BCUT2D eigenvalue weighted by molar-refractivity contribution is 7.13. The molecule has 7 heteroatoms. The average molecular weight is 434 g/mol. The monoisotopic (exact) mass is 433 g/mol. The number of piperazine rings is 1. The molecule has 0 aliphatic carbocycles. The van der Waals surface area contributed by atoms with E-state index in [1.165, 1.54) is 11.1 Å². The van der Waals surface area contributed by atoms with Crippen LogP contribution in [0.4, 0.5) is 0 Å². The molecule has 2 N–H and O–H groups in total. The molecule has 1 aromatic heterocycles. The van der Waals surface area contributed by atoms with Crippen LogP contribution in [0, 0.1) is 0 Å². The molecule has 0 spiro atoms. The van der Waals surface area contributed by atoms with Crippen LogP contribution >= 0.6 is 11.3 Å². The van der Waals surface area contributed by atoms with Gasteiger partial charge in [0.25, 0.3) is 0 Å². The molecular weight excluding hydrogens is 406 g/mol. The van der Waals surface area contributed by atoms with Crippen LogP contribution in [0.3, 0.4) is 0 Å². The number of nitrogens with zero attached hydrogens (tertiary/aromatic N) is 3. The van der Waals surface area contributed by atoms with Crippen molar-refractivity contribution < 1.29 is 4.79 Å². The van der Waals surface area contributed by atoms with Crippen LogP contribution in [0.15, 0.2) is 66.0 Å². The molecule has 5 rings (SSSR count). The fourth-order valence-corrected chi connectivity index (χ4v) is 5.11. The van der Waals surface area contributed by atoms with E-state index in [-0.39, 0.29) is 18.0 Å². The molecule has 2 aliphatic heterocycles. The maximum Gasteiger partial charge on any atom is 0.241 e. The quantitative estimate of drug-likeness (QED) is 0.648. The molecule has 6 nitrogen and oxygen atoms in total. The van der Waals surface area contributed by atoms with Crippen LogP contribution in [-0.2, 0) is 11.3 Å². The lowest BCUT2D eigenvalue weighted by Crippen LogP contribution is -2.53. The second kappa shape index (κ2) is 9.28. The highest BCUT2D eigenvalue weighted by Gasteiger charge is 2.34. The summed E-state index contributed by atoms with van der Waals surface area (Å²) in [5.74, 6) is 0.200. The third kappa shape index (κ3) is 4.70. The zero-order valence-electron chi connectivity index (χ0n) is 17.4. The molecule has 0 bridgehead atoms. The number of rotatable bonds is 5. The highest BCUT2D eigenvalue weighted by atomic mass is 32.1. The molecule has 31 heavy (non-hydrogen) atoms. The SMILES string of the molecule is O=C(C1CC(c2ccccc2)NN1)N1CCN(Cc2csc(-c3ccccc3)n2)CC1. The summed E-state index contributed by atoms with van der Waals surface area (Å²) in [6, 6.07) is 20.6. The molecule has 2 aromatic carbocycles. The summed E-state index contributed by atoms with van der Waals surface area (Å²) in [5, 5.41) is 3.22. The second-order valence-electron chi connectivity index (χ2n) is 8.15. The predicted octanol–water partition coefficient (Wildman–Crippen LogP) is 3.06. The van der Waals surface area contributed by atoms with Crippen LogP contribution in [-0.4, -0.2) is 52.9 Å². The van der Waals surface area contributed by atoms with Gasteiger partial charge in [-0.1, -0.05) is 60.7 Å². The normalized spacial score (nSPS) is 22.0. The Morgan fingerprint density at radius 2 is 1.68 bits per heavy atom. The fourth-order valence-electron chi connectivity index (χ4n) is 4.29. The Balaban J connectivity index is 1.12. The molecule has 2 atom stereocenters. The fraction of sp³-hybridized carbons (Fsp3) is 0.333. The molecule has 2 unspecified atom stereocenters. The van der Waals surface area contributed by atoms with E-state index < -0.39 is 0 Å². The number of thiazole rings is 1. The maximum atomic E-state index is 13.0. The van der Waals surface area contributed by atoms with E-state index >= 15 is 0 Å². The Morgan fingerprint density at radius 1 is 0.968 bits per heavy atom. The van der Waals surface area contributed by atoms with Crippen molar-refractivity contribution >= 4 is 17.2 Å². The smallest absolute Gasteiger partial charge is 0.241 e. The van der Waals surface area contributed by atoms with Crippen molar-refractivity contribution in [2.75, 3.05) is 26.2 Å². The first-order chi connectivity index (χ1) is 15.3. The molecule has 2 aliphatic rings. The third-order valence-electron chi connectivity index (χ3n) is 6.05. The van der Waals surface area contributed by atoms with Crippen LogP contribution in [0.25, 0.3) is 10.6 Å². The van der Waals surface area contributed by atoms with E-state index in [2.05, 4.69) is 45.4 Å². The van der Waals surface area contributed by atoms with Crippen LogP contribution < -0.4 is 10.9 Å². The number of amides is 1. The Hall–Kier alpha value is -2.58. The average Bonchev–Trinajstić information content (AvgIpc) is 3.51.